The van der Waals surface area contributed by atoms with Crippen LogP contribution in [-0.2, 0) is 13.5 Å². The zero-order chi connectivity index (χ0) is 13.0. The molecular formula is C13H18N4O. The molecule has 5 nitrogen and oxygen atoms in total. The molecule has 2 aromatic rings. The van der Waals surface area contributed by atoms with Gasteiger partial charge < -0.3 is 10.1 Å². The fourth-order valence-corrected chi connectivity index (χ4v) is 2.01. The van der Waals surface area contributed by atoms with E-state index in [0.717, 1.165) is 23.6 Å². The second-order valence-electron chi connectivity index (χ2n) is 4.09. The lowest BCUT2D eigenvalue weighted by Gasteiger charge is -2.18. The van der Waals surface area contributed by atoms with Gasteiger partial charge in [0.15, 0.2) is 0 Å². The van der Waals surface area contributed by atoms with Crippen molar-refractivity contribution in [3.05, 3.63) is 42.0 Å². The van der Waals surface area contributed by atoms with E-state index in [1.807, 2.05) is 32.3 Å². The summed E-state index contributed by atoms with van der Waals surface area (Å²) in [6.45, 7) is 0. The molecule has 0 saturated heterocycles. The summed E-state index contributed by atoms with van der Waals surface area (Å²) < 4.78 is 7.19. The van der Waals surface area contributed by atoms with E-state index < -0.39 is 0 Å². The minimum absolute atomic E-state index is 0.157. The highest BCUT2D eigenvalue weighted by molar-refractivity contribution is 5.36. The summed E-state index contributed by atoms with van der Waals surface area (Å²) in [6.07, 6.45) is 2.34. The number of aromatic nitrogens is 3. The third-order valence-corrected chi connectivity index (χ3v) is 3.05. The van der Waals surface area contributed by atoms with Gasteiger partial charge in [-0.05, 0) is 13.1 Å². The van der Waals surface area contributed by atoms with E-state index in [1.165, 1.54) is 0 Å². The van der Waals surface area contributed by atoms with Crippen molar-refractivity contribution in [1.82, 2.24) is 20.1 Å². The highest BCUT2D eigenvalue weighted by Gasteiger charge is 2.16. The molecule has 1 heterocycles. The summed E-state index contributed by atoms with van der Waals surface area (Å²) in [5.41, 5.74) is 1.13. The Kier molecular flexibility index (Phi) is 3.94. The van der Waals surface area contributed by atoms with E-state index in [-0.39, 0.29) is 6.04 Å². The zero-order valence-electron chi connectivity index (χ0n) is 10.9. The van der Waals surface area contributed by atoms with E-state index in [0.29, 0.717) is 0 Å². The summed E-state index contributed by atoms with van der Waals surface area (Å²) in [7, 11) is 5.53. The summed E-state index contributed by atoms with van der Waals surface area (Å²) in [5.74, 6) is 1.83. The number of hydrogen-bond acceptors (Lipinski definition) is 4. The Balaban J connectivity index is 2.25. The largest absolute Gasteiger partial charge is 0.496 e. The van der Waals surface area contributed by atoms with Gasteiger partial charge >= 0.3 is 0 Å². The highest BCUT2D eigenvalue weighted by atomic mass is 16.5. The first kappa shape index (κ1) is 12.6. The normalized spacial score (nSPS) is 12.4. The van der Waals surface area contributed by atoms with Gasteiger partial charge in [-0.1, -0.05) is 18.2 Å². The van der Waals surface area contributed by atoms with Crippen LogP contribution < -0.4 is 10.1 Å². The fraction of sp³-hybridized carbons (Fsp3) is 0.385. The maximum Gasteiger partial charge on any atom is 0.138 e. The molecule has 0 spiro atoms. The van der Waals surface area contributed by atoms with Crippen LogP contribution in [0.4, 0.5) is 0 Å². The first-order valence-corrected chi connectivity index (χ1v) is 5.89. The van der Waals surface area contributed by atoms with Crippen molar-refractivity contribution in [3.8, 4) is 5.75 Å². The molecular weight excluding hydrogens is 228 g/mol. The number of rotatable bonds is 5. The molecule has 0 aliphatic rings. The van der Waals surface area contributed by atoms with Crippen LogP contribution in [0.5, 0.6) is 5.75 Å². The lowest BCUT2D eigenvalue weighted by molar-refractivity contribution is 0.400. The molecule has 2 rings (SSSR count). The molecule has 1 aromatic carbocycles. The quantitative estimate of drug-likeness (QED) is 0.864. The van der Waals surface area contributed by atoms with Crippen molar-refractivity contribution in [2.45, 2.75) is 12.5 Å². The predicted octanol–water partition coefficient (Wildman–Crippen LogP) is 1.33. The Bertz CT molecular complexity index is 509. The minimum Gasteiger partial charge on any atom is -0.496 e. The van der Waals surface area contributed by atoms with E-state index in [1.54, 1.807) is 18.1 Å². The van der Waals surface area contributed by atoms with E-state index in [2.05, 4.69) is 21.5 Å². The number of nitrogens with zero attached hydrogens (tertiary/aromatic N) is 3. The van der Waals surface area contributed by atoms with Gasteiger partial charge in [0.25, 0.3) is 0 Å². The second kappa shape index (κ2) is 5.64. The molecule has 1 N–H and O–H groups in total. The molecule has 5 heteroatoms. The van der Waals surface area contributed by atoms with Gasteiger partial charge in [-0.2, -0.15) is 5.10 Å². The van der Waals surface area contributed by atoms with Gasteiger partial charge in [-0.3, -0.25) is 4.68 Å². The van der Waals surface area contributed by atoms with Gasteiger partial charge in [0, 0.05) is 25.1 Å². The molecule has 0 bridgehead atoms. The molecule has 0 aliphatic heterocycles. The van der Waals surface area contributed by atoms with Crippen molar-refractivity contribution in [2.75, 3.05) is 14.2 Å². The maximum atomic E-state index is 5.39. The Morgan fingerprint density at radius 2 is 2.17 bits per heavy atom. The summed E-state index contributed by atoms with van der Waals surface area (Å²) in [5, 5.41) is 7.38. The predicted molar refractivity (Wildman–Crippen MR) is 69.5 cm³/mol. The summed E-state index contributed by atoms with van der Waals surface area (Å²) in [6, 6.07) is 8.17. The number of para-hydroxylation sites is 1. The molecule has 1 unspecified atom stereocenters. The van der Waals surface area contributed by atoms with Gasteiger partial charge in [0.05, 0.1) is 7.11 Å². The third kappa shape index (κ3) is 2.51. The van der Waals surface area contributed by atoms with Crippen LogP contribution in [0.3, 0.4) is 0 Å². The van der Waals surface area contributed by atoms with Crippen molar-refractivity contribution >= 4 is 0 Å². The number of hydrogen-bond donors (Lipinski definition) is 1. The zero-order valence-corrected chi connectivity index (χ0v) is 10.9. The van der Waals surface area contributed by atoms with Crippen LogP contribution in [0.2, 0.25) is 0 Å². The van der Waals surface area contributed by atoms with Crippen LogP contribution in [0, 0.1) is 0 Å². The maximum absolute atomic E-state index is 5.39. The summed E-state index contributed by atoms with van der Waals surface area (Å²) >= 11 is 0. The number of nitrogens with one attached hydrogen (secondary N) is 1. The number of aryl methyl sites for hydroxylation is 1. The monoisotopic (exact) mass is 246 g/mol. The molecule has 1 atom stereocenters. The SMILES string of the molecule is CNC(Cc1ncnn1C)c1ccccc1OC. The second-order valence-corrected chi connectivity index (χ2v) is 4.09. The van der Waals surface area contributed by atoms with Crippen LogP contribution in [0.15, 0.2) is 30.6 Å². The Morgan fingerprint density at radius 1 is 1.39 bits per heavy atom. The third-order valence-electron chi connectivity index (χ3n) is 3.05. The van der Waals surface area contributed by atoms with Crippen molar-refractivity contribution < 1.29 is 4.74 Å². The number of ether oxygens (including phenoxy) is 1. The van der Waals surface area contributed by atoms with E-state index in [9.17, 15) is 0 Å². The standard InChI is InChI=1S/C13H18N4O/c1-14-11(8-13-15-9-16-17(13)2)10-6-4-5-7-12(10)18-3/h4-7,9,11,14H,8H2,1-3H3. The molecule has 18 heavy (non-hydrogen) atoms. The highest BCUT2D eigenvalue weighted by Crippen LogP contribution is 2.26. The van der Waals surface area contributed by atoms with Crippen molar-refractivity contribution in [2.24, 2.45) is 7.05 Å². The van der Waals surface area contributed by atoms with Gasteiger partial charge in [-0.25, -0.2) is 4.98 Å². The number of likely N-dealkylation sites (N-methyl/N-ethyl adjacent to an activating group) is 1. The molecule has 0 radical (unpaired) electrons. The minimum atomic E-state index is 0.157. The number of benzene rings is 1. The molecule has 96 valence electrons. The first-order chi connectivity index (χ1) is 8.76. The topological polar surface area (TPSA) is 52.0 Å². The lowest BCUT2D eigenvalue weighted by atomic mass is 10.0. The van der Waals surface area contributed by atoms with Gasteiger partial charge in [0.2, 0.25) is 0 Å². The van der Waals surface area contributed by atoms with Crippen LogP contribution in [-0.4, -0.2) is 28.9 Å². The van der Waals surface area contributed by atoms with Gasteiger partial charge in [0.1, 0.15) is 17.9 Å². The van der Waals surface area contributed by atoms with Gasteiger partial charge in [-0.15, -0.1) is 0 Å². The van der Waals surface area contributed by atoms with E-state index in [4.69, 9.17) is 4.74 Å². The molecule has 0 aliphatic carbocycles. The van der Waals surface area contributed by atoms with Crippen LogP contribution in [0.1, 0.15) is 17.4 Å². The smallest absolute Gasteiger partial charge is 0.138 e. The Morgan fingerprint density at radius 3 is 2.78 bits per heavy atom. The van der Waals surface area contributed by atoms with E-state index >= 15 is 0 Å². The lowest BCUT2D eigenvalue weighted by Crippen LogP contribution is -2.21. The molecule has 0 amide bonds. The van der Waals surface area contributed by atoms with Crippen LogP contribution >= 0.6 is 0 Å². The van der Waals surface area contributed by atoms with Crippen molar-refractivity contribution in [3.63, 3.8) is 0 Å². The number of methoxy groups -OCH3 is 1. The average Bonchev–Trinajstić information content (AvgIpc) is 2.81. The Hall–Kier alpha value is -1.88. The van der Waals surface area contributed by atoms with Crippen LogP contribution in [0.25, 0.3) is 0 Å². The first-order valence-electron chi connectivity index (χ1n) is 5.89. The average molecular weight is 246 g/mol. The fourth-order valence-electron chi connectivity index (χ4n) is 2.01. The molecule has 1 aromatic heterocycles. The summed E-state index contributed by atoms with van der Waals surface area (Å²) in [4.78, 5) is 4.26. The Labute approximate surface area is 107 Å². The molecule has 0 fully saturated rings. The molecule has 0 saturated carbocycles. The van der Waals surface area contributed by atoms with Crippen molar-refractivity contribution in [1.29, 1.82) is 0 Å².